The molecule has 3 aromatic carbocycles. The first kappa shape index (κ1) is 26.9. The zero-order valence-corrected chi connectivity index (χ0v) is 19.7. The minimum Gasteiger partial charge on any atom is -0.369 e. The van der Waals surface area contributed by atoms with Crippen molar-refractivity contribution in [1.82, 2.24) is 0 Å². The summed E-state index contributed by atoms with van der Waals surface area (Å²) in [4.78, 5) is 1.02. The van der Waals surface area contributed by atoms with Gasteiger partial charge in [-0.15, -0.1) is 11.8 Å². The number of benzene rings is 3. The zero-order valence-electron chi connectivity index (χ0n) is 18.9. The molecule has 0 radical (unpaired) electrons. The lowest BCUT2D eigenvalue weighted by molar-refractivity contribution is -0.338. The summed E-state index contributed by atoms with van der Waals surface area (Å²) in [6, 6.07) is 14.4. The third-order valence-electron chi connectivity index (χ3n) is 6.02. The number of thioether (sulfide) groups is 1. The number of nitrogens with zero attached hydrogens (tertiary/aromatic N) is 2. The van der Waals surface area contributed by atoms with Gasteiger partial charge in [0.25, 0.3) is 5.60 Å². The number of anilines is 1. The molecule has 196 valence electrons. The van der Waals surface area contributed by atoms with Crippen molar-refractivity contribution in [2.45, 2.75) is 35.3 Å². The highest BCUT2D eigenvalue weighted by atomic mass is 32.2. The zero-order chi connectivity index (χ0) is 27.2. The number of alkyl halides is 6. The Bertz CT molecular complexity index is 1290. The molecule has 3 nitrogen and oxygen atoms in total. The summed E-state index contributed by atoms with van der Waals surface area (Å²) in [6.07, 6.45) is -11.4. The fraction of sp³-hybridized carbons (Fsp3) is 0.240. The average Bonchev–Trinajstić information content (AvgIpc) is 3.27. The normalized spacial score (nSPS) is 16.8. The Balaban J connectivity index is 1.77. The molecule has 4 rings (SSSR count). The van der Waals surface area contributed by atoms with Crippen molar-refractivity contribution >= 4 is 23.2 Å². The van der Waals surface area contributed by atoms with Crippen LogP contribution < -0.4 is 5.01 Å². The third kappa shape index (κ3) is 4.91. The Kier molecular flexibility index (Phi) is 7.02. The summed E-state index contributed by atoms with van der Waals surface area (Å²) >= 11 is 1.54. The molecule has 1 aliphatic heterocycles. The Hall–Kier alpha value is -3.12. The van der Waals surface area contributed by atoms with E-state index in [2.05, 4.69) is 5.10 Å². The summed E-state index contributed by atoms with van der Waals surface area (Å²) < 4.78 is 109. The fourth-order valence-corrected chi connectivity index (χ4v) is 4.46. The van der Waals surface area contributed by atoms with Gasteiger partial charge in [0.05, 0.1) is 17.4 Å². The van der Waals surface area contributed by atoms with Crippen molar-refractivity contribution in [3.05, 3.63) is 83.9 Å². The molecule has 0 amide bonds. The molecule has 0 saturated carbocycles. The number of aliphatic hydroxyl groups is 1. The maximum Gasteiger partial charge on any atom is 0.431 e. The van der Waals surface area contributed by atoms with E-state index in [1.165, 1.54) is 12.1 Å². The number of hydrazone groups is 1. The summed E-state index contributed by atoms with van der Waals surface area (Å²) in [7, 11) is 0. The molecule has 12 heteroatoms. The highest BCUT2D eigenvalue weighted by molar-refractivity contribution is 7.98. The van der Waals surface area contributed by atoms with Crippen LogP contribution >= 0.6 is 11.8 Å². The monoisotopic (exact) mass is 546 g/mol. The van der Waals surface area contributed by atoms with Crippen LogP contribution in [0.3, 0.4) is 0 Å². The van der Waals surface area contributed by atoms with E-state index in [0.717, 1.165) is 28.2 Å². The van der Waals surface area contributed by atoms with E-state index >= 15 is 0 Å². The van der Waals surface area contributed by atoms with Crippen LogP contribution in [0, 0.1) is 11.6 Å². The predicted octanol–water partition coefficient (Wildman–Crippen LogP) is 7.52. The van der Waals surface area contributed by atoms with Crippen LogP contribution in [0.5, 0.6) is 0 Å². The molecule has 1 atom stereocenters. The van der Waals surface area contributed by atoms with Gasteiger partial charge >= 0.3 is 12.4 Å². The summed E-state index contributed by atoms with van der Waals surface area (Å²) in [6.45, 7) is 0. The van der Waals surface area contributed by atoms with Gasteiger partial charge in [0.2, 0.25) is 0 Å². The molecule has 3 aromatic rings. The predicted molar refractivity (Wildman–Crippen MR) is 124 cm³/mol. The molecular weight excluding hydrogens is 528 g/mol. The van der Waals surface area contributed by atoms with E-state index in [0.29, 0.717) is 11.1 Å². The average molecular weight is 546 g/mol. The van der Waals surface area contributed by atoms with Gasteiger partial charge < -0.3 is 5.11 Å². The lowest BCUT2D eigenvalue weighted by Gasteiger charge is -2.32. The SMILES string of the molecule is CSc1ccc(-c2ccc(C3CC(C(O)(C(F)(F)F)C(F)(F)F)=NN3c3ccc(F)cc3F)cc2)cc1. The van der Waals surface area contributed by atoms with Crippen molar-refractivity contribution in [3.8, 4) is 11.1 Å². The Morgan fingerprint density at radius 2 is 1.38 bits per heavy atom. The third-order valence-corrected chi connectivity index (χ3v) is 6.77. The number of hydrogen-bond donors (Lipinski definition) is 1. The lowest BCUT2D eigenvalue weighted by Crippen LogP contribution is -2.62. The van der Waals surface area contributed by atoms with Crippen molar-refractivity contribution in [2.75, 3.05) is 11.3 Å². The maximum atomic E-state index is 14.6. The molecule has 37 heavy (non-hydrogen) atoms. The van der Waals surface area contributed by atoms with Gasteiger partial charge in [-0.3, -0.25) is 5.01 Å². The molecule has 1 aliphatic rings. The van der Waals surface area contributed by atoms with Gasteiger partial charge in [-0.1, -0.05) is 36.4 Å². The van der Waals surface area contributed by atoms with E-state index in [4.69, 9.17) is 0 Å². The van der Waals surface area contributed by atoms with E-state index in [-0.39, 0.29) is 5.56 Å². The largest absolute Gasteiger partial charge is 0.431 e. The van der Waals surface area contributed by atoms with E-state index < -0.39 is 53.4 Å². The molecule has 0 bridgehead atoms. The van der Waals surface area contributed by atoms with Crippen LogP contribution in [0.1, 0.15) is 18.0 Å². The van der Waals surface area contributed by atoms with Crippen LogP contribution in [-0.4, -0.2) is 35.0 Å². The summed E-state index contributed by atoms with van der Waals surface area (Å²) in [5, 5.41) is 13.9. The van der Waals surface area contributed by atoms with Crippen molar-refractivity contribution in [1.29, 1.82) is 0 Å². The van der Waals surface area contributed by atoms with Gasteiger partial charge in [0, 0.05) is 17.4 Å². The highest BCUT2D eigenvalue weighted by Crippen LogP contribution is 2.49. The minimum absolute atomic E-state index is 0.207. The second-order valence-electron chi connectivity index (χ2n) is 8.26. The van der Waals surface area contributed by atoms with Gasteiger partial charge in [-0.05, 0) is 47.2 Å². The highest BCUT2D eigenvalue weighted by Gasteiger charge is 2.74. The van der Waals surface area contributed by atoms with E-state index in [1.54, 1.807) is 23.9 Å². The molecule has 0 fully saturated rings. The minimum atomic E-state index is -6.15. The summed E-state index contributed by atoms with van der Waals surface area (Å²) in [5.41, 5.74) is -5.72. The Labute approximate surface area is 210 Å². The number of halogens is 8. The van der Waals surface area contributed by atoms with Crippen molar-refractivity contribution in [2.24, 2.45) is 5.10 Å². The van der Waals surface area contributed by atoms with Gasteiger partial charge in [0.1, 0.15) is 5.82 Å². The molecule has 0 saturated heterocycles. The first-order valence-corrected chi connectivity index (χ1v) is 11.9. The number of hydrogen-bond acceptors (Lipinski definition) is 4. The topological polar surface area (TPSA) is 35.8 Å². The number of rotatable bonds is 5. The standard InChI is InChI=1S/C25H18F8N2OS/c1-37-18-9-6-15(7-10-18)14-2-4-16(5-3-14)21-13-22(23(36,24(28,29)30)25(31,32)33)34-35(21)20-11-8-17(26)12-19(20)27/h2-12,21,36H,13H2,1H3. The maximum absolute atomic E-state index is 14.6. The molecule has 0 aromatic heterocycles. The Morgan fingerprint density at radius 3 is 1.86 bits per heavy atom. The molecular formula is C25H18F8N2OS. The van der Waals surface area contributed by atoms with Crippen LogP contribution in [0.15, 0.2) is 76.7 Å². The van der Waals surface area contributed by atoms with Crippen LogP contribution in [-0.2, 0) is 0 Å². The molecule has 0 spiro atoms. The Morgan fingerprint density at radius 1 is 0.838 bits per heavy atom. The van der Waals surface area contributed by atoms with E-state index in [1.807, 2.05) is 30.5 Å². The second-order valence-corrected chi connectivity index (χ2v) is 9.14. The molecule has 1 heterocycles. The first-order valence-electron chi connectivity index (χ1n) is 10.7. The fourth-order valence-electron chi connectivity index (χ4n) is 4.05. The molecule has 1 N–H and O–H groups in total. The van der Waals surface area contributed by atoms with Crippen molar-refractivity contribution < 1.29 is 40.2 Å². The van der Waals surface area contributed by atoms with Crippen molar-refractivity contribution in [3.63, 3.8) is 0 Å². The second kappa shape index (κ2) is 9.64. The van der Waals surface area contributed by atoms with Crippen LogP contribution in [0.25, 0.3) is 11.1 Å². The van der Waals surface area contributed by atoms with Gasteiger partial charge in [-0.25, -0.2) is 8.78 Å². The molecule has 1 unspecified atom stereocenters. The lowest BCUT2D eigenvalue weighted by atomic mass is 9.89. The summed E-state index contributed by atoms with van der Waals surface area (Å²) in [5.74, 6) is -2.25. The van der Waals surface area contributed by atoms with E-state index in [9.17, 15) is 40.2 Å². The van der Waals surface area contributed by atoms with Crippen LogP contribution in [0.2, 0.25) is 0 Å². The smallest absolute Gasteiger partial charge is 0.369 e. The molecule has 0 aliphatic carbocycles. The van der Waals surface area contributed by atoms with Crippen LogP contribution in [0.4, 0.5) is 40.8 Å². The first-order chi connectivity index (χ1) is 17.3. The quantitative estimate of drug-likeness (QED) is 0.266. The van der Waals surface area contributed by atoms with Gasteiger partial charge in [-0.2, -0.15) is 31.4 Å². The van der Waals surface area contributed by atoms with Gasteiger partial charge in [0.15, 0.2) is 5.82 Å².